The van der Waals surface area contributed by atoms with E-state index in [1.54, 1.807) is 18.7 Å². The molecule has 0 spiro atoms. The van der Waals surface area contributed by atoms with Gasteiger partial charge in [-0.05, 0) is 19.4 Å². The van der Waals surface area contributed by atoms with Gasteiger partial charge in [0.05, 0.1) is 29.9 Å². The predicted molar refractivity (Wildman–Crippen MR) is 93.5 cm³/mol. The number of nitrogens with one attached hydrogen (secondary N) is 1. The van der Waals surface area contributed by atoms with Crippen molar-refractivity contribution in [2.75, 3.05) is 17.7 Å². The van der Waals surface area contributed by atoms with Crippen molar-refractivity contribution in [1.29, 1.82) is 0 Å². The van der Waals surface area contributed by atoms with Crippen LogP contribution in [0.4, 0.5) is 11.4 Å². The van der Waals surface area contributed by atoms with Crippen molar-refractivity contribution < 1.29 is 14.3 Å². The smallest absolute Gasteiger partial charge is 0.271 e. The molecule has 0 radical (unpaired) electrons. The predicted octanol–water partition coefficient (Wildman–Crippen LogP) is 1.10. The number of aromatic nitrogens is 3. The second kappa shape index (κ2) is 7.65. The molecule has 25 heavy (non-hydrogen) atoms. The van der Waals surface area contributed by atoms with Crippen molar-refractivity contribution in [3.05, 3.63) is 29.2 Å². The maximum atomic E-state index is 12.7. The van der Waals surface area contributed by atoms with E-state index in [1.807, 2.05) is 6.92 Å². The average Bonchev–Trinajstić information content (AvgIpc) is 2.86. The zero-order valence-electron chi connectivity index (χ0n) is 14.5. The first-order chi connectivity index (χ1) is 11.9. The quantitative estimate of drug-likeness (QED) is 0.686. The number of rotatable bonds is 7. The summed E-state index contributed by atoms with van der Waals surface area (Å²) in [6.07, 6.45) is 2.84. The van der Waals surface area contributed by atoms with Gasteiger partial charge in [-0.25, -0.2) is 4.98 Å². The Morgan fingerprint density at radius 1 is 1.36 bits per heavy atom. The Morgan fingerprint density at radius 2 is 2.08 bits per heavy atom. The zero-order valence-corrected chi connectivity index (χ0v) is 14.5. The number of hydrogen-bond acceptors (Lipinski definition) is 6. The molecule has 0 saturated heterocycles. The SMILES string of the molecule is CCCc1c(NC(=O)c2cc(N)cnc2OCC)c(C(N)=O)nn1C. The number of hydrogen-bond donors (Lipinski definition) is 3. The summed E-state index contributed by atoms with van der Waals surface area (Å²) in [5.74, 6) is -1.06. The lowest BCUT2D eigenvalue weighted by Gasteiger charge is -2.11. The third kappa shape index (κ3) is 3.87. The summed E-state index contributed by atoms with van der Waals surface area (Å²) in [6.45, 7) is 4.11. The number of nitrogens with zero attached hydrogens (tertiary/aromatic N) is 3. The van der Waals surface area contributed by atoms with Crippen LogP contribution >= 0.6 is 0 Å². The molecule has 2 amide bonds. The fourth-order valence-electron chi connectivity index (χ4n) is 2.45. The molecule has 0 fully saturated rings. The Bertz CT molecular complexity index is 799. The van der Waals surface area contributed by atoms with Crippen LogP contribution in [-0.4, -0.2) is 33.2 Å². The van der Waals surface area contributed by atoms with Gasteiger partial charge in [0.25, 0.3) is 11.8 Å². The number of nitrogens with two attached hydrogens (primary N) is 2. The van der Waals surface area contributed by atoms with Crippen LogP contribution in [0.5, 0.6) is 5.88 Å². The lowest BCUT2D eigenvalue weighted by atomic mass is 10.1. The summed E-state index contributed by atoms with van der Waals surface area (Å²) >= 11 is 0. The molecule has 2 aromatic heterocycles. The normalized spacial score (nSPS) is 10.5. The van der Waals surface area contributed by atoms with Crippen LogP contribution in [0.15, 0.2) is 12.3 Å². The van der Waals surface area contributed by atoms with Crippen LogP contribution in [-0.2, 0) is 13.5 Å². The van der Waals surface area contributed by atoms with Gasteiger partial charge in [-0.1, -0.05) is 13.3 Å². The van der Waals surface area contributed by atoms with Crippen LogP contribution in [0.1, 0.15) is 46.8 Å². The second-order valence-corrected chi connectivity index (χ2v) is 5.42. The van der Waals surface area contributed by atoms with Crippen LogP contribution in [0, 0.1) is 0 Å². The van der Waals surface area contributed by atoms with E-state index < -0.39 is 11.8 Å². The molecule has 2 rings (SSSR count). The summed E-state index contributed by atoms with van der Waals surface area (Å²) in [7, 11) is 1.70. The molecule has 0 aromatic carbocycles. The molecule has 0 unspecified atom stereocenters. The fraction of sp³-hybridized carbons (Fsp3) is 0.375. The molecule has 0 aliphatic carbocycles. The number of ether oxygens (including phenoxy) is 1. The Balaban J connectivity index is 2.44. The highest BCUT2D eigenvalue weighted by Crippen LogP contribution is 2.25. The number of anilines is 2. The Morgan fingerprint density at radius 3 is 2.68 bits per heavy atom. The first kappa shape index (κ1) is 18.2. The molecule has 9 nitrogen and oxygen atoms in total. The zero-order chi connectivity index (χ0) is 18.6. The molecule has 0 saturated carbocycles. The molecule has 0 bridgehead atoms. The first-order valence-corrected chi connectivity index (χ1v) is 7.94. The van der Waals surface area contributed by atoms with Crippen LogP contribution in [0.2, 0.25) is 0 Å². The first-order valence-electron chi connectivity index (χ1n) is 7.94. The highest BCUT2D eigenvalue weighted by molar-refractivity contribution is 6.09. The number of amides is 2. The van der Waals surface area contributed by atoms with E-state index in [4.69, 9.17) is 16.2 Å². The van der Waals surface area contributed by atoms with Gasteiger partial charge < -0.3 is 21.5 Å². The standard InChI is InChI=1S/C16H22N6O3/c1-4-6-11-12(13(14(18)23)21-22(11)3)20-15(24)10-7-9(17)8-19-16(10)25-5-2/h7-8H,4-6,17H2,1-3H3,(H2,18,23)(H,20,24). The third-order valence-corrected chi connectivity index (χ3v) is 3.52. The van der Waals surface area contributed by atoms with E-state index in [9.17, 15) is 9.59 Å². The molecule has 0 atom stereocenters. The third-order valence-electron chi connectivity index (χ3n) is 3.52. The van der Waals surface area contributed by atoms with E-state index >= 15 is 0 Å². The molecule has 5 N–H and O–H groups in total. The number of carbonyl (C=O) groups is 2. The van der Waals surface area contributed by atoms with E-state index in [1.165, 1.54) is 12.3 Å². The van der Waals surface area contributed by atoms with Crippen LogP contribution in [0.3, 0.4) is 0 Å². The van der Waals surface area contributed by atoms with Crippen molar-refractivity contribution in [2.24, 2.45) is 12.8 Å². The number of aryl methyl sites for hydroxylation is 1. The second-order valence-electron chi connectivity index (χ2n) is 5.42. The largest absolute Gasteiger partial charge is 0.477 e. The minimum Gasteiger partial charge on any atom is -0.477 e. The highest BCUT2D eigenvalue weighted by Gasteiger charge is 2.23. The van der Waals surface area contributed by atoms with Crippen LogP contribution in [0.25, 0.3) is 0 Å². The minimum atomic E-state index is -0.719. The van der Waals surface area contributed by atoms with E-state index in [0.717, 1.165) is 6.42 Å². The lowest BCUT2D eigenvalue weighted by Crippen LogP contribution is -2.19. The van der Waals surface area contributed by atoms with E-state index in [2.05, 4.69) is 15.4 Å². The molecule has 0 aliphatic rings. The van der Waals surface area contributed by atoms with Gasteiger partial charge in [0.1, 0.15) is 5.56 Å². The summed E-state index contributed by atoms with van der Waals surface area (Å²) in [5, 5.41) is 6.82. The molecule has 2 heterocycles. The Hall–Kier alpha value is -3.10. The van der Waals surface area contributed by atoms with Gasteiger partial charge in [-0.2, -0.15) is 5.10 Å². The molecule has 9 heteroatoms. The van der Waals surface area contributed by atoms with Crippen molar-refractivity contribution in [2.45, 2.75) is 26.7 Å². The average molecular weight is 346 g/mol. The minimum absolute atomic E-state index is 0.00845. The molecular formula is C16H22N6O3. The summed E-state index contributed by atoms with van der Waals surface area (Å²) < 4.78 is 6.91. The number of primary amides is 1. The van der Waals surface area contributed by atoms with Crippen molar-refractivity contribution in [3.63, 3.8) is 0 Å². The monoisotopic (exact) mass is 346 g/mol. The van der Waals surface area contributed by atoms with Crippen LogP contribution < -0.4 is 21.5 Å². The molecule has 0 aliphatic heterocycles. The summed E-state index contributed by atoms with van der Waals surface area (Å²) in [6, 6.07) is 1.47. The highest BCUT2D eigenvalue weighted by atomic mass is 16.5. The van der Waals surface area contributed by atoms with Gasteiger partial charge in [-0.15, -0.1) is 0 Å². The Kier molecular flexibility index (Phi) is 5.58. The van der Waals surface area contributed by atoms with Gasteiger partial charge >= 0.3 is 0 Å². The topological polar surface area (TPSA) is 138 Å². The van der Waals surface area contributed by atoms with Gasteiger partial charge in [0.15, 0.2) is 5.69 Å². The number of pyridine rings is 1. The van der Waals surface area contributed by atoms with Gasteiger partial charge in [-0.3, -0.25) is 14.3 Å². The van der Waals surface area contributed by atoms with Crippen molar-refractivity contribution in [1.82, 2.24) is 14.8 Å². The summed E-state index contributed by atoms with van der Waals surface area (Å²) in [5.41, 5.74) is 12.6. The van der Waals surface area contributed by atoms with Gasteiger partial charge in [0.2, 0.25) is 5.88 Å². The number of carbonyl (C=O) groups excluding carboxylic acids is 2. The Labute approximate surface area is 145 Å². The van der Waals surface area contributed by atoms with Gasteiger partial charge in [0, 0.05) is 7.05 Å². The van der Waals surface area contributed by atoms with E-state index in [0.29, 0.717) is 30.1 Å². The molecule has 134 valence electrons. The van der Waals surface area contributed by atoms with Crippen molar-refractivity contribution in [3.8, 4) is 5.88 Å². The van der Waals surface area contributed by atoms with Crippen molar-refractivity contribution >= 4 is 23.2 Å². The summed E-state index contributed by atoms with van der Waals surface area (Å²) in [4.78, 5) is 28.4. The molecule has 2 aromatic rings. The molecular weight excluding hydrogens is 324 g/mol. The fourth-order valence-corrected chi connectivity index (χ4v) is 2.45. The number of nitrogen functional groups attached to an aromatic ring is 1. The maximum Gasteiger partial charge on any atom is 0.271 e. The van der Waals surface area contributed by atoms with E-state index in [-0.39, 0.29) is 17.1 Å². The maximum absolute atomic E-state index is 12.7. The lowest BCUT2D eigenvalue weighted by molar-refractivity contribution is 0.0995.